The van der Waals surface area contributed by atoms with Crippen LogP contribution in [0, 0.1) is 5.41 Å². The molecule has 0 radical (unpaired) electrons. The van der Waals surface area contributed by atoms with Gasteiger partial charge in [-0.15, -0.1) is 0 Å². The summed E-state index contributed by atoms with van der Waals surface area (Å²) in [4.78, 5) is 22.8. The minimum atomic E-state index is -0.314. The number of hydrogen-bond acceptors (Lipinski definition) is 4. The van der Waals surface area contributed by atoms with Crippen LogP contribution in [0.15, 0.2) is 12.2 Å². The molecule has 0 saturated carbocycles. The third kappa shape index (κ3) is 7.21. The first-order valence-corrected chi connectivity index (χ1v) is 8.53. The van der Waals surface area contributed by atoms with Crippen molar-refractivity contribution in [1.29, 1.82) is 0 Å². The Morgan fingerprint density at radius 1 is 1.32 bits per heavy atom. The average molecular weight is 310 g/mol. The largest absolute Gasteiger partial charge is 0.466 e. The Kier molecular flexibility index (Phi) is 8.39. The Bertz CT molecular complexity index is 387. The van der Waals surface area contributed by atoms with E-state index in [9.17, 15) is 14.7 Å². The van der Waals surface area contributed by atoms with Crippen LogP contribution in [0.2, 0.25) is 0 Å². The molecule has 1 aliphatic carbocycles. The summed E-state index contributed by atoms with van der Waals surface area (Å²) in [6.07, 6.45) is 11.1. The average Bonchev–Trinajstić information content (AvgIpc) is 2.83. The molecule has 126 valence electrons. The van der Waals surface area contributed by atoms with Crippen LogP contribution in [0.5, 0.6) is 0 Å². The Morgan fingerprint density at radius 3 is 2.64 bits per heavy atom. The van der Waals surface area contributed by atoms with Crippen molar-refractivity contribution < 1.29 is 19.4 Å². The molecule has 0 aliphatic heterocycles. The number of carbonyl (C=O) groups is 2. The lowest BCUT2D eigenvalue weighted by atomic mass is 9.77. The van der Waals surface area contributed by atoms with Gasteiger partial charge in [-0.05, 0) is 51.0 Å². The summed E-state index contributed by atoms with van der Waals surface area (Å²) >= 11 is 0. The number of rotatable bonds is 11. The monoisotopic (exact) mass is 310 g/mol. The molecular formula is C18H30O4. The Hall–Kier alpha value is -1.16. The number of ether oxygens (including phenoxy) is 1. The van der Waals surface area contributed by atoms with E-state index in [1.54, 1.807) is 13.0 Å². The predicted molar refractivity (Wildman–Crippen MR) is 86.4 cm³/mol. The lowest BCUT2D eigenvalue weighted by Crippen LogP contribution is -2.19. The van der Waals surface area contributed by atoms with Crippen molar-refractivity contribution in [3.63, 3.8) is 0 Å². The zero-order valence-corrected chi connectivity index (χ0v) is 14.0. The number of allylic oxidation sites excluding steroid dienone is 2. The Balaban J connectivity index is 2.23. The molecule has 0 saturated heterocycles. The van der Waals surface area contributed by atoms with Crippen LogP contribution in [0.1, 0.15) is 71.6 Å². The number of hydrogen-bond donors (Lipinski definition) is 1. The van der Waals surface area contributed by atoms with Gasteiger partial charge in [-0.2, -0.15) is 0 Å². The smallest absolute Gasteiger partial charge is 0.305 e. The molecule has 0 aromatic carbocycles. The summed E-state index contributed by atoms with van der Waals surface area (Å²) in [5, 5.41) is 9.48. The van der Waals surface area contributed by atoms with E-state index in [2.05, 4.69) is 6.08 Å². The van der Waals surface area contributed by atoms with E-state index in [4.69, 9.17) is 4.74 Å². The molecule has 1 rings (SSSR count). The molecule has 0 spiro atoms. The van der Waals surface area contributed by atoms with Gasteiger partial charge in [0.15, 0.2) is 5.78 Å². The highest BCUT2D eigenvalue weighted by Gasteiger charge is 2.33. The standard InChI is InChI=1S/C18H30O4/c1-3-22-17(21)8-6-4-5-7-11-18(12-9-15(2)19)13-10-16(20)14-18/h10,13,15,19H,3-9,11-12,14H2,1-2H3. The van der Waals surface area contributed by atoms with E-state index in [0.717, 1.165) is 44.9 Å². The highest BCUT2D eigenvalue weighted by molar-refractivity contribution is 5.93. The molecule has 1 aliphatic rings. The van der Waals surface area contributed by atoms with Crippen LogP contribution in [-0.2, 0) is 14.3 Å². The van der Waals surface area contributed by atoms with Gasteiger partial charge in [-0.1, -0.05) is 25.3 Å². The second kappa shape index (κ2) is 9.78. The molecule has 0 aromatic heterocycles. The van der Waals surface area contributed by atoms with Crippen LogP contribution in [0.4, 0.5) is 0 Å². The number of aliphatic hydroxyl groups is 1. The molecule has 4 heteroatoms. The molecule has 1 N–H and O–H groups in total. The Morgan fingerprint density at radius 2 is 2.05 bits per heavy atom. The summed E-state index contributed by atoms with van der Waals surface area (Å²) < 4.78 is 4.90. The van der Waals surface area contributed by atoms with E-state index < -0.39 is 0 Å². The van der Waals surface area contributed by atoms with Crippen LogP contribution in [-0.4, -0.2) is 29.6 Å². The first-order chi connectivity index (χ1) is 10.5. The minimum Gasteiger partial charge on any atom is -0.466 e. The first-order valence-electron chi connectivity index (χ1n) is 8.53. The first kappa shape index (κ1) is 18.9. The predicted octanol–water partition coefficient (Wildman–Crippen LogP) is 3.57. The van der Waals surface area contributed by atoms with Crippen molar-refractivity contribution in [3.05, 3.63) is 12.2 Å². The molecule has 4 nitrogen and oxygen atoms in total. The summed E-state index contributed by atoms with van der Waals surface area (Å²) in [5.41, 5.74) is -0.0464. The minimum absolute atomic E-state index is 0.0464. The fraction of sp³-hybridized carbons (Fsp3) is 0.778. The normalized spacial score (nSPS) is 22.0. The topological polar surface area (TPSA) is 63.6 Å². The van der Waals surface area contributed by atoms with Crippen molar-refractivity contribution >= 4 is 11.8 Å². The van der Waals surface area contributed by atoms with E-state index in [1.807, 2.05) is 6.92 Å². The van der Waals surface area contributed by atoms with Gasteiger partial charge in [0, 0.05) is 12.8 Å². The Labute approximate surface area is 133 Å². The van der Waals surface area contributed by atoms with Crippen molar-refractivity contribution in [2.45, 2.75) is 77.7 Å². The van der Waals surface area contributed by atoms with E-state index >= 15 is 0 Å². The fourth-order valence-corrected chi connectivity index (χ4v) is 3.03. The molecule has 0 aromatic rings. The van der Waals surface area contributed by atoms with Crippen LogP contribution in [0.3, 0.4) is 0 Å². The van der Waals surface area contributed by atoms with Gasteiger partial charge in [0.2, 0.25) is 0 Å². The molecule has 0 bridgehead atoms. The summed E-state index contributed by atoms with van der Waals surface area (Å²) in [6, 6.07) is 0. The van der Waals surface area contributed by atoms with Crippen LogP contribution in [0.25, 0.3) is 0 Å². The number of esters is 1. The van der Waals surface area contributed by atoms with Crippen molar-refractivity contribution in [1.82, 2.24) is 0 Å². The zero-order chi connectivity index (χ0) is 16.4. The van der Waals surface area contributed by atoms with Crippen LogP contribution < -0.4 is 0 Å². The number of aliphatic hydroxyl groups excluding tert-OH is 1. The molecule has 2 unspecified atom stereocenters. The van der Waals surface area contributed by atoms with Crippen LogP contribution >= 0.6 is 0 Å². The second-order valence-corrected chi connectivity index (χ2v) is 6.45. The third-order valence-corrected chi connectivity index (χ3v) is 4.32. The molecule has 0 amide bonds. The van der Waals surface area contributed by atoms with Crippen molar-refractivity contribution in [2.24, 2.45) is 5.41 Å². The van der Waals surface area contributed by atoms with E-state index in [-0.39, 0.29) is 23.3 Å². The lowest BCUT2D eigenvalue weighted by molar-refractivity contribution is -0.143. The summed E-state index contributed by atoms with van der Waals surface area (Å²) in [5.74, 6) is 0.0909. The molecule has 22 heavy (non-hydrogen) atoms. The van der Waals surface area contributed by atoms with Gasteiger partial charge >= 0.3 is 5.97 Å². The maximum absolute atomic E-state index is 11.6. The summed E-state index contributed by atoms with van der Waals surface area (Å²) in [6.45, 7) is 4.07. The zero-order valence-electron chi connectivity index (χ0n) is 14.0. The SMILES string of the molecule is CCOC(=O)CCCCCCC1(CCC(C)O)C=CC(=O)C1. The molecule has 0 fully saturated rings. The van der Waals surface area contributed by atoms with Gasteiger partial charge in [-0.3, -0.25) is 9.59 Å². The molecular weight excluding hydrogens is 280 g/mol. The summed E-state index contributed by atoms with van der Waals surface area (Å²) in [7, 11) is 0. The van der Waals surface area contributed by atoms with Crippen molar-refractivity contribution in [2.75, 3.05) is 6.61 Å². The van der Waals surface area contributed by atoms with Gasteiger partial charge in [0.1, 0.15) is 0 Å². The number of carbonyl (C=O) groups excluding carboxylic acids is 2. The highest BCUT2D eigenvalue weighted by atomic mass is 16.5. The molecule has 0 heterocycles. The van der Waals surface area contributed by atoms with Gasteiger partial charge in [-0.25, -0.2) is 0 Å². The maximum atomic E-state index is 11.6. The van der Waals surface area contributed by atoms with E-state index in [1.165, 1.54) is 0 Å². The number of unbranched alkanes of at least 4 members (excludes halogenated alkanes) is 3. The quantitative estimate of drug-likeness (QED) is 0.468. The maximum Gasteiger partial charge on any atom is 0.305 e. The second-order valence-electron chi connectivity index (χ2n) is 6.45. The molecule has 2 atom stereocenters. The van der Waals surface area contributed by atoms with Crippen molar-refractivity contribution in [3.8, 4) is 0 Å². The third-order valence-electron chi connectivity index (χ3n) is 4.32. The lowest BCUT2D eigenvalue weighted by Gasteiger charge is -2.27. The van der Waals surface area contributed by atoms with E-state index in [0.29, 0.717) is 19.4 Å². The fourth-order valence-electron chi connectivity index (χ4n) is 3.03. The van der Waals surface area contributed by atoms with Gasteiger partial charge < -0.3 is 9.84 Å². The highest BCUT2D eigenvalue weighted by Crippen LogP contribution is 2.40. The van der Waals surface area contributed by atoms with Gasteiger partial charge in [0.05, 0.1) is 12.7 Å². The van der Waals surface area contributed by atoms with Gasteiger partial charge in [0.25, 0.3) is 0 Å². The number of ketones is 1.